The van der Waals surface area contributed by atoms with Gasteiger partial charge in [-0.1, -0.05) is 0 Å². The smallest absolute Gasteiger partial charge is 0.277 e. The minimum atomic E-state index is -3.67. The molecule has 0 aliphatic rings. The molecule has 0 saturated carbocycles. The number of nitrogens with one attached hydrogen (secondary N) is 1. The zero-order valence-corrected chi connectivity index (χ0v) is 13.0. The molecule has 0 fully saturated rings. The number of furan rings is 1. The zero-order valence-electron chi connectivity index (χ0n) is 12.1. The van der Waals surface area contributed by atoms with Gasteiger partial charge in [-0.05, 0) is 36.4 Å². The van der Waals surface area contributed by atoms with Gasteiger partial charge >= 0.3 is 0 Å². The average Bonchev–Trinajstić information content (AvgIpc) is 3.05. The van der Waals surface area contributed by atoms with Crippen molar-refractivity contribution >= 4 is 15.9 Å². The molecule has 118 valence electrons. The lowest BCUT2D eigenvalue weighted by molar-refractivity contribution is -0.0757. The Labute approximate surface area is 128 Å². The van der Waals surface area contributed by atoms with Crippen molar-refractivity contribution in [1.82, 2.24) is 9.79 Å². The molecule has 0 spiro atoms. The monoisotopic (exact) mass is 324 g/mol. The number of hydrogen-bond donors (Lipinski definition) is 1. The Morgan fingerprint density at radius 2 is 1.95 bits per heavy atom. The fourth-order valence-corrected chi connectivity index (χ4v) is 2.70. The number of benzene rings is 1. The largest absolute Gasteiger partial charge is 0.468 e. The normalized spacial score (nSPS) is 11.4. The number of sulfonamides is 1. The maximum Gasteiger partial charge on any atom is 0.277 e. The van der Waals surface area contributed by atoms with Crippen LogP contribution in [0, 0.1) is 0 Å². The van der Waals surface area contributed by atoms with Gasteiger partial charge in [-0.2, -0.15) is 0 Å². The van der Waals surface area contributed by atoms with Gasteiger partial charge in [0.05, 0.1) is 24.8 Å². The predicted molar refractivity (Wildman–Crippen MR) is 78.3 cm³/mol. The molecule has 1 N–H and O–H groups in total. The van der Waals surface area contributed by atoms with Gasteiger partial charge in [-0.15, -0.1) is 0 Å². The second-order valence-corrected chi connectivity index (χ2v) is 6.18. The van der Waals surface area contributed by atoms with E-state index in [2.05, 4.69) is 4.72 Å². The van der Waals surface area contributed by atoms with E-state index in [4.69, 9.17) is 9.25 Å². The molecule has 1 aromatic carbocycles. The zero-order chi connectivity index (χ0) is 16.2. The summed E-state index contributed by atoms with van der Waals surface area (Å²) in [5.74, 6) is 0.145. The van der Waals surface area contributed by atoms with Crippen LogP contribution in [0.15, 0.2) is 52.0 Å². The predicted octanol–water partition coefficient (Wildman–Crippen LogP) is 1.39. The highest BCUT2D eigenvalue weighted by atomic mass is 32.2. The van der Waals surface area contributed by atoms with Crippen LogP contribution >= 0.6 is 0 Å². The summed E-state index contributed by atoms with van der Waals surface area (Å²) in [6.07, 6.45) is 1.47. The maximum absolute atomic E-state index is 12.1. The molecule has 0 atom stereocenters. The third-order valence-electron chi connectivity index (χ3n) is 2.99. The number of nitrogens with zero attached hydrogens (tertiary/aromatic N) is 1. The van der Waals surface area contributed by atoms with Gasteiger partial charge in [-0.25, -0.2) is 18.2 Å². The van der Waals surface area contributed by atoms with Crippen molar-refractivity contribution in [2.75, 3.05) is 14.2 Å². The topological polar surface area (TPSA) is 88.8 Å². The molecule has 2 aromatic rings. The fraction of sp³-hybridized carbons (Fsp3) is 0.214. The molecule has 0 aliphatic carbocycles. The highest BCUT2D eigenvalue weighted by Gasteiger charge is 2.16. The summed E-state index contributed by atoms with van der Waals surface area (Å²) < 4.78 is 31.7. The Kier molecular flexibility index (Phi) is 4.96. The molecule has 8 heteroatoms. The van der Waals surface area contributed by atoms with Gasteiger partial charge in [0.25, 0.3) is 5.91 Å². The van der Waals surface area contributed by atoms with Crippen molar-refractivity contribution in [2.24, 2.45) is 0 Å². The molecule has 1 amide bonds. The third kappa shape index (κ3) is 3.73. The minimum Gasteiger partial charge on any atom is -0.468 e. The van der Waals surface area contributed by atoms with Crippen molar-refractivity contribution in [2.45, 2.75) is 11.4 Å². The summed E-state index contributed by atoms with van der Waals surface area (Å²) in [6.45, 7) is 0.0580. The number of rotatable bonds is 6. The second kappa shape index (κ2) is 6.73. The van der Waals surface area contributed by atoms with Crippen LogP contribution in [0.3, 0.4) is 0 Å². The Balaban J connectivity index is 2.10. The Morgan fingerprint density at radius 1 is 1.27 bits per heavy atom. The highest BCUT2D eigenvalue weighted by molar-refractivity contribution is 7.89. The number of carbonyl (C=O) groups is 1. The van der Waals surface area contributed by atoms with Crippen LogP contribution in [0.1, 0.15) is 16.1 Å². The van der Waals surface area contributed by atoms with E-state index >= 15 is 0 Å². The summed E-state index contributed by atoms with van der Waals surface area (Å²) in [5.41, 5.74) is 0.328. The lowest BCUT2D eigenvalue weighted by atomic mass is 10.2. The Bertz CT molecular complexity index is 723. The molecule has 2 rings (SSSR count). The quantitative estimate of drug-likeness (QED) is 0.811. The van der Waals surface area contributed by atoms with Crippen molar-refractivity contribution in [3.05, 3.63) is 54.0 Å². The van der Waals surface area contributed by atoms with Gasteiger partial charge in [0, 0.05) is 12.6 Å². The molecule has 0 radical (unpaired) electrons. The molecule has 1 aromatic heterocycles. The summed E-state index contributed by atoms with van der Waals surface area (Å²) in [6, 6.07) is 8.93. The highest BCUT2D eigenvalue weighted by Crippen LogP contribution is 2.13. The van der Waals surface area contributed by atoms with Crippen molar-refractivity contribution in [3.8, 4) is 0 Å². The van der Waals surface area contributed by atoms with E-state index in [0.717, 1.165) is 5.06 Å². The second-order valence-electron chi connectivity index (χ2n) is 4.41. The van der Waals surface area contributed by atoms with E-state index in [1.807, 2.05) is 0 Å². The molecular formula is C14H16N2O5S. The molecule has 0 aliphatic heterocycles. The van der Waals surface area contributed by atoms with Crippen LogP contribution < -0.4 is 4.72 Å². The molecule has 0 saturated heterocycles. The van der Waals surface area contributed by atoms with Gasteiger partial charge in [0.15, 0.2) is 0 Å². The van der Waals surface area contributed by atoms with Crippen molar-refractivity contribution in [1.29, 1.82) is 0 Å². The van der Waals surface area contributed by atoms with E-state index in [-0.39, 0.29) is 17.3 Å². The number of hydroxylamine groups is 2. The molecule has 22 heavy (non-hydrogen) atoms. The van der Waals surface area contributed by atoms with Crippen LogP contribution in [0.2, 0.25) is 0 Å². The van der Waals surface area contributed by atoms with Gasteiger partial charge in [-0.3, -0.25) is 9.63 Å². The van der Waals surface area contributed by atoms with Gasteiger partial charge < -0.3 is 4.42 Å². The standard InChI is InChI=1S/C14H16N2O5S/c1-16(20-2)14(17)11-5-7-13(8-6-11)22(18,19)15-10-12-4-3-9-21-12/h3-9,15H,10H2,1-2H3. The van der Waals surface area contributed by atoms with Crippen LogP contribution in [-0.4, -0.2) is 33.5 Å². The lowest BCUT2D eigenvalue weighted by Gasteiger charge is -2.13. The summed E-state index contributed by atoms with van der Waals surface area (Å²) in [7, 11) is -0.830. The van der Waals surface area contributed by atoms with Crippen LogP contribution in [0.4, 0.5) is 0 Å². The molecular weight excluding hydrogens is 308 g/mol. The van der Waals surface area contributed by atoms with E-state index in [1.54, 1.807) is 12.1 Å². The van der Waals surface area contributed by atoms with Crippen LogP contribution in [0.25, 0.3) is 0 Å². The fourth-order valence-electron chi connectivity index (χ4n) is 1.70. The third-order valence-corrected chi connectivity index (χ3v) is 4.41. The van der Waals surface area contributed by atoms with Gasteiger partial charge in [0.1, 0.15) is 5.76 Å². The first kappa shape index (κ1) is 16.2. The summed E-state index contributed by atoms with van der Waals surface area (Å²) in [5, 5.41) is 1.05. The summed E-state index contributed by atoms with van der Waals surface area (Å²) in [4.78, 5) is 16.7. The maximum atomic E-state index is 12.1. The minimum absolute atomic E-state index is 0.0580. The number of carbonyl (C=O) groups excluding carboxylic acids is 1. The van der Waals surface area contributed by atoms with E-state index in [1.165, 1.54) is 44.7 Å². The van der Waals surface area contributed by atoms with Crippen LogP contribution in [-0.2, 0) is 21.4 Å². The SMILES string of the molecule is CON(C)C(=O)c1ccc(S(=O)(=O)NCc2ccco2)cc1. The van der Waals surface area contributed by atoms with Crippen LogP contribution in [0.5, 0.6) is 0 Å². The Hall–Kier alpha value is -2.16. The summed E-state index contributed by atoms with van der Waals surface area (Å²) >= 11 is 0. The molecule has 0 unspecified atom stereocenters. The molecule has 0 bridgehead atoms. The Morgan fingerprint density at radius 3 is 2.50 bits per heavy atom. The van der Waals surface area contributed by atoms with E-state index in [9.17, 15) is 13.2 Å². The molecule has 7 nitrogen and oxygen atoms in total. The first-order valence-electron chi connectivity index (χ1n) is 6.38. The van der Waals surface area contributed by atoms with E-state index in [0.29, 0.717) is 11.3 Å². The first-order valence-corrected chi connectivity index (χ1v) is 7.86. The lowest BCUT2D eigenvalue weighted by Crippen LogP contribution is -2.26. The van der Waals surface area contributed by atoms with Crippen molar-refractivity contribution in [3.63, 3.8) is 0 Å². The molecule has 1 heterocycles. The first-order chi connectivity index (χ1) is 10.4. The van der Waals surface area contributed by atoms with Gasteiger partial charge in [0.2, 0.25) is 10.0 Å². The van der Waals surface area contributed by atoms with E-state index < -0.39 is 10.0 Å². The average molecular weight is 324 g/mol. The number of hydrogen-bond acceptors (Lipinski definition) is 5. The number of amides is 1. The van der Waals surface area contributed by atoms with Crippen molar-refractivity contribution < 1.29 is 22.5 Å².